The molecule has 0 aliphatic carbocycles. The Labute approximate surface area is 116 Å². The zero-order valence-electron chi connectivity index (χ0n) is 11.0. The molecule has 0 fully saturated rings. The van der Waals surface area contributed by atoms with Gasteiger partial charge in [-0.2, -0.15) is 0 Å². The van der Waals surface area contributed by atoms with E-state index in [1.54, 1.807) is 24.3 Å². The fourth-order valence-electron chi connectivity index (χ4n) is 1.65. The Morgan fingerprint density at radius 2 is 1.75 bits per heavy atom. The van der Waals surface area contributed by atoms with Crippen molar-refractivity contribution >= 4 is 15.7 Å². The molecular weight excluding hydrogens is 280 g/mol. The molecule has 0 atom stereocenters. The van der Waals surface area contributed by atoms with Crippen LogP contribution in [0.5, 0.6) is 5.75 Å². The molecule has 0 spiro atoms. The number of aromatic amines is 1. The minimum atomic E-state index is -3.71. The summed E-state index contributed by atoms with van der Waals surface area (Å²) in [5, 5.41) is 0. The maximum atomic E-state index is 12.4. The van der Waals surface area contributed by atoms with Crippen molar-refractivity contribution in [3.63, 3.8) is 0 Å². The third-order valence-corrected chi connectivity index (χ3v) is 4.63. The summed E-state index contributed by atoms with van der Waals surface area (Å²) in [5.74, 6) is 0.642. The minimum Gasteiger partial charge on any atom is -0.497 e. The highest BCUT2D eigenvalue weighted by Crippen LogP contribution is 2.23. The molecule has 0 radical (unpaired) electrons. The van der Waals surface area contributed by atoms with E-state index in [2.05, 4.69) is 4.98 Å². The number of anilines is 1. The van der Waals surface area contributed by atoms with E-state index in [1.807, 2.05) is 0 Å². The first-order chi connectivity index (χ1) is 9.45. The summed E-state index contributed by atoms with van der Waals surface area (Å²) in [7, 11) is -0.722. The predicted molar refractivity (Wildman–Crippen MR) is 75.6 cm³/mol. The van der Waals surface area contributed by atoms with Crippen molar-refractivity contribution in [1.82, 2.24) is 4.98 Å². The van der Waals surface area contributed by atoms with Crippen LogP contribution in [-0.2, 0) is 10.0 Å². The van der Waals surface area contributed by atoms with Gasteiger partial charge in [-0.1, -0.05) is 0 Å². The second kappa shape index (κ2) is 5.38. The topological polar surface area (TPSA) is 79.5 Å². The summed E-state index contributed by atoms with van der Waals surface area (Å²) < 4.78 is 30.9. The fraction of sp³-hybridized carbons (Fsp3) is 0.154. The van der Waals surface area contributed by atoms with Gasteiger partial charge in [0.05, 0.1) is 12.8 Å². The Kier molecular flexibility index (Phi) is 3.80. The van der Waals surface area contributed by atoms with Crippen LogP contribution in [0.25, 0.3) is 0 Å². The van der Waals surface area contributed by atoms with Crippen molar-refractivity contribution in [2.75, 3.05) is 18.5 Å². The Morgan fingerprint density at radius 1 is 1.10 bits per heavy atom. The minimum absolute atomic E-state index is 0.0235. The standard InChI is InChI=1S/C13H14N2O4S/c1-15(10-3-5-11(19-2)6-4-10)20(17,18)12-7-8-13(16)14-9-12/h3-9H,1-2H3,(H,14,16). The molecule has 1 heterocycles. The third-order valence-electron chi connectivity index (χ3n) is 2.85. The van der Waals surface area contributed by atoms with Crippen molar-refractivity contribution in [2.24, 2.45) is 0 Å². The molecule has 0 aliphatic rings. The van der Waals surface area contributed by atoms with Crippen molar-refractivity contribution in [2.45, 2.75) is 4.90 Å². The van der Waals surface area contributed by atoms with E-state index in [1.165, 1.54) is 32.5 Å². The number of benzene rings is 1. The van der Waals surface area contributed by atoms with Crippen LogP contribution in [0.1, 0.15) is 0 Å². The number of sulfonamides is 1. The van der Waals surface area contributed by atoms with Crippen molar-refractivity contribution in [1.29, 1.82) is 0 Å². The second-order valence-corrected chi connectivity index (χ2v) is 6.03. The SMILES string of the molecule is COc1ccc(N(C)S(=O)(=O)c2ccc(=O)[nH]c2)cc1. The molecule has 106 valence electrons. The van der Waals surface area contributed by atoms with Crippen LogP contribution in [0.4, 0.5) is 5.69 Å². The van der Waals surface area contributed by atoms with Crippen LogP contribution in [0.3, 0.4) is 0 Å². The molecule has 1 aromatic carbocycles. The highest BCUT2D eigenvalue weighted by atomic mass is 32.2. The number of hydrogen-bond donors (Lipinski definition) is 1. The second-order valence-electron chi connectivity index (χ2n) is 4.06. The molecule has 0 unspecified atom stereocenters. The molecule has 2 rings (SSSR count). The first kappa shape index (κ1) is 14.1. The molecule has 7 heteroatoms. The van der Waals surface area contributed by atoms with Crippen LogP contribution in [0.2, 0.25) is 0 Å². The fourth-order valence-corrected chi connectivity index (χ4v) is 2.81. The smallest absolute Gasteiger partial charge is 0.265 e. The molecule has 0 bridgehead atoms. The van der Waals surface area contributed by atoms with Crippen molar-refractivity contribution in [3.05, 3.63) is 52.9 Å². The lowest BCUT2D eigenvalue weighted by Crippen LogP contribution is -2.27. The lowest BCUT2D eigenvalue weighted by atomic mass is 10.3. The summed E-state index contributed by atoms with van der Waals surface area (Å²) in [4.78, 5) is 13.4. The van der Waals surface area contributed by atoms with Gasteiger partial charge in [-0.15, -0.1) is 0 Å². The average molecular weight is 294 g/mol. The molecule has 6 nitrogen and oxygen atoms in total. The van der Waals surface area contributed by atoms with Crippen LogP contribution >= 0.6 is 0 Å². The monoisotopic (exact) mass is 294 g/mol. The normalized spacial score (nSPS) is 11.1. The van der Waals surface area contributed by atoms with Gasteiger partial charge in [0.2, 0.25) is 5.56 Å². The Hall–Kier alpha value is -2.28. The summed E-state index contributed by atoms with van der Waals surface area (Å²) >= 11 is 0. The molecule has 1 N–H and O–H groups in total. The number of pyridine rings is 1. The highest BCUT2D eigenvalue weighted by molar-refractivity contribution is 7.92. The number of rotatable bonds is 4. The zero-order chi connectivity index (χ0) is 14.8. The first-order valence-corrected chi connectivity index (χ1v) is 7.21. The van der Waals surface area contributed by atoms with Crippen LogP contribution in [-0.4, -0.2) is 27.6 Å². The van der Waals surface area contributed by atoms with Gasteiger partial charge in [-0.25, -0.2) is 8.42 Å². The molecule has 20 heavy (non-hydrogen) atoms. The summed E-state index contributed by atoms with van der Waals surface area (Å²) in [6.07, 6.45) is 1.18. The molecule has 0 amide bonds. The van der Waals surface area contributed by atoms with E-state index < -0.39 is 10.0 Å². The lowest BCUT2D eigenvalue weighted by Gasteiger charge is -2.19. The number of methoxy groups -OCH3 is 1. The number of aromatic nitrogens is 1. The number of nitrogens with zero attached hydrogens (tertiary/aromatic N) is 1. The van der Waals surface area contributed by atoms with E-state index in [0.29, 0.717) is 11.4 Å². The molecular formula is C13H14N2O4S. The van der Waals surface area contributed by atoms with E-state index in [0.717, 1.165) is 4.31 Å². The van der Waals surface area contributed by atoms with E-state index >= 15 is 0 Å². The molecule has 0 saturated heterocycles. The maximum Gasteiger partial charge on any atom is 0.265 e. The Balaban J connectivity index is 2.37. The number of ether oxygens (including phenoxy) is 1. The van der Waals surface area contributed by atoms with Gasteiger partial charge in [0.15, 0.2) is 0 Å². The molecule has 0 saturated carbocycles. The van der Waals surface area contributed by atoms with Gasteiger partial charge in [0, 0.05) is 19.3 Å². The van der Waals surface area contributed by atoms with E-state index in [9.17, 15) is 13.2 Å². The number of nitrogens with one attached hydrogen (secondary N) is 1. The molecule has 0 aliphatic heterocycles. The quantitative estimate of drug-likeness (QED) is 0.919. The average Bonchev–Trinajstić information content (AvgIpc) is 2.47. The van der Waals surface area contributed by atoms with Crippen LogP contribution < -0.4 is 14.6 Å². The van der Waals surface area contributed by atoms with E-state index in [-0.39, 0.29) is 10.5 Å². The van der Waals surface area contributed by atoms with Crippen LogP contribution in [0.15, 0.2) is 52.3 Å². The molecule has 2 aromatic rings. The Bertz CT molecular complexity index is 730. The summed E-state index contributed by atoms with van der Waals surface area (Å²) in [6.45, 7) is 0. The predicted octanol–water partition coefficient (Wildman–Crippen LogP) is 1.21. The highest BCUT2D eigenvalue weighted by Gasteiger charge is 2.21. The van der Waals surface area contributed by atoms with Gasteiger partial charge >= 0.3 is 0 Å². The summed E-state index contributed by atoms with van der Waals surface area (Å²) in [6, 6.07) is 9.08. The van der Waals surface area contributed by atoms with Gasteiger partial charge in [-0.05, 0) is 30.3 Å². The van der Waals surface area contributed by atoms with Gasteiger partial charge in [0.25, 0.3) is 10.0 Å². The summed E-state index contributed by atoms with van der Waals surface area (Å²) in [5.41, 5.74) is 0.146. The van der Waals surface area contributed by atoms with Gasteiger partial charge < -0.3 is 9.72 Å². The van der Waals surface area contributed by atoms with Crippen molar-refractivity contribution < 1.29 is 13.2 Å². The lowest BCUT2D eigenvalue weighted by molar-refractivity contribution is 0.415. The number of hydrogen-bond acceptors (Lipinski definition) is 4. The van der Waals surface area contributed by atoms with E-state index in [4.69, 9.17) is 4.74 Å². The van der Waals surface area contributed by atoms with Gasteiger partial charge in [0.1, 0.15) is 10.6 Å². The third kappa shape index (κ3) is 2.67. The first-order valence-electron chi connectivity index (χ1n) is 5.77. The zero-order valence-corrected chi connectivity index (χ0v) is 11.8. The maximum absolute atomic E-state index is 12.4. The molecule has 1 aromatic heterocycles. The van der Waals surface area contributed by atoms with Gasteiger partial charge in [-0.3, -0.25) is 9.10 Å². The Morgan fingerprint density at radius 3 is 2.25 bits per heavy atom. The van der Waals surface area contributed by atoms with Crippen molar-refractivity contribution in [3.8, 4) is 5.75 Å². The number of H-pyrrole nitrogens is 1. The van der Waals surface area contributed by atoms with Crippen LogP contribution in [0, 0.1) is 0 Å². The largest absolute Gasteiger partial charge is 0.497 e.